The van der Waals surface area contributed by atoms with Gasteiger partial charge in [-0.1, -0.05) is 36.3 Å². The van der Waals surface area contributed by atoms with E-state index >= 15 is 0 Å². The van der Waals surface area contributed by atoms with Crippen LogP contribution in [0.4, 0.5) is 0 Å². The second kappa shape index (κ2) is 8.88. The number of hydrogen-bond donors (Lipinski definition) is 0. The Kier molecular flexibility index (Phi) is 6.02. The molecule has 1 aliphatic rings. The Hall–Kier alpha value is -3.22. The van der Waals surface area contributed by atoms with E-state index < -0.39 is 0 Å². The molecule has 4 rings (SSSR count). The van der Waals surface area contributed by atoms with Gasteiger partial charge in [0, 0.05) is 37.8 Å². The fourth-order valence-corrected chi connectivity index (χ4v) is 4.38. The van der Waals surface area contributed by atoms with Gasteiger partial charge in [-0.05, 0) is 44.1 Å². The van der Waals surface area contributed by atoms with Gasteiger partial charge in [0.05, 0.1) is 5.69 Å². The number of benzene rings is 1. The van der Waals surface area contributed by atoms with Crippen molar-refractivity contribution >= 4 is 22.6 Å². The number of likely N-dealkylation sites (tertiary alicyclic amines) is 1. The van der Waals surface area contributed by atoms with E-state index in [1.165, 1.54) is 0 Å². The number of rotatable bonds is 4. The first kappa shape index (κ1) is 21.0. The molecule has 0 radical (unpaired) electrons. The molecule has 3 aromatic rings. The Morgan fingerprint density at radius 1 is 1.19 bits per heavy atom. The number of pyridine rings is 1. The highest BCUT2D eigenvalue weighted by Gasteiger charge is 2.30. The maximum Gasteiger partial charge on any atom is 0.273 e. The highest BCUT2D eigenvalue weighted by Crippen LogP contribution is 2.23. The smallest absolute Gasteiger partial charge is 0.273 e. The van der Waals surface area contributed by atoms with Crippen molar-refractivity contribution in [3.05, 3.63) is 59.2 Å². The Balaban J connectivity index is 1.49. The number of hydrogen-bond acceptors (Lipinski definition) is 5. The van der Waals surface area contributed by atoms with Crippen LogP contribution in [0.2, 0.25) is 0 Å². The Labute approximate surface area is 182 Å². The maximum absolute atomic E-state index is 13.3. The molecule has 0 N–H and O–H groups in total. The second-order valence-corrected chi connectivity index (χ2v) is 8.09. The number of aryl methyl sites for hydroxylation is 2. The van der Waals surface area contributed by atoms with Crippen molar-refractivity contribution in [3.63, 3.8) is 0 Å². The van der Waals surface area contributed by atoms with E-state index in [0.29, 0.717) is 42.2 Å². The van der Waals surface area contributed by atoms with E-state index in [1.54, 1.807) is 18.0 Å². The minimum absolute atomic E-state index is 0.0269. The zero-order valence-electron chi connectivity index (χ0n) is 18.3. The van der Waals surface area contributed by atoms with Crippen LogP contribution >= 0.6 is 0 Å². The van der Waals surface area contributed by atoms with E-state index in [4.69, 9.17) is 4.52 Å². The third-order valence-corrected chi connectivity index (χ3v) is 6.21. The van der Waals surface area contributed by atoms with Gasteiger partial charge in [-0.3, -0.25) is 14.6 Å². The summed E-state index contributed by atoms with van der Waals surface area (Å²) in [6, 6.07) is 9.77. The van der Waals surface area contributed by atoms with Gasteiger partial charge >= 0.3 is 0 Å². The lowest BCUT2D eigenvalue weighted by atomic mass is 10.1. The van der Waals surface area contributed by atoms with Crippen molar-refractivity contribution in [1.82, 2.24) is 19.9 Å². The zero-order valence-corrected chi connectivity index (χ0v) is 18.3. The lowest BCUT2D eigenvalue weighted by molar-refractivity contribution is 0.0706. The van der Waals surface area contributed by atoms with Gasteiger partial charge in [-0.2, -0.15) is 0 Å². The molecule has 1 aliphatic heterocycles. The first-order valence-corrected chi connectivity index (χ1v) is 10.9. The predicted molar refractivity (Wildman–Crippen MR) is 118 cm³/mol. The fourth-order valence-electron chi connectivity index (χ4n) is 4.38. The molecule has 7 heteroatoms. The summed E-state index contributed by atoms with van der Waals surface area (Å²) in [5.74, 6) is 0.461. The summed E-state index contributed by atoms with van der Waals surface area (Å²) in [7, 11) is 1.84. The van der Waals surface area contributed by atoms with Gasteiger partial charge in [-0.25, -0.2) is 0 Å². The third-order valence-electron chi connectivity index (χ3n) is 6.21. The molecular formula is C24H28N4O3. The number of nitrogens with zero attached hydrogens (tertiary/aromatic N) is 4. The van der Waals surface area contributed by atoms with Crippen LogP contribution in [-0.2, 0) is 6.42 Å². The van der Waals surface area contributed by atoms with E-state index in [9.17, 15) is 9.59 Å². The maximum atomic E-state index is 13.3. The number of fused-ring (bicyclic) bond motifs is 1. The summed E-state index contributed by atoms with van der Waals surface area (Å²) in [5.41, 5.74) is 1.77. The van der Waals surface area contributed by atoms with Crippen molar-refractivity contribution < 1.29 is 14.1 Å². The Bertz CT molecular complexity index is 1100. The molecule has 2 aromatic heterocycles. The molecule has 0 spiro atoms. The number of aromatic nitrogens is 2. The van der Waals surface area contributed by atoms with Crippen molar-refractivity contribution in [2.45, 2.75) is 45.6 Å². The highest BCUT2D eigenvalue weighted by atomic mass is 16.5. The van der Waals surface area contributed by atoms with Crippen molar-refractivity contribution in [1.29, 1.82) is 0 Å². The lowest BCUT2D eigenvalue weighted by Crippen LogP contribution is -2.39. The van der Waals surface area contributed by atoms with Crippen molar-refractivity contribution in [3.8, 4) is 0 Å². The second-order valence-electron chi connectivity index (χ2n) is 8.09. The first-order valence-electron chi connectivity index (χ1n) is 10.9. The van der Waals surface area contributed by atoms with Crippen LogP contribution in [0.25, 0.3) is 10.8 Å². The fraction of sp³-hybridized carbons (Fsp3) is 0.417. The molecule has 162 valence electrons. The molecule has 31 heavy (non-hydrogen) atoms. The Morgan fingerprint density at radius 2 is 2.00 bits per heavy atom. The van der Waals surface area contributed by atoms with Crippen LogP contribution in [0, 0.1) is 6.92 Å². The first-order chi connectivity index (χ1) is 15.0. The normalized spacial score (nSPS) is 16.9. The third kappa shape index (κ3) is 4.04. The van der Waals surface area contributed by atoms with Crippen LogP contribution in [0.1, 0.15) is 58.5 Å². The SMILES string of the molecule is CCc1noc(C)c1C(=O)N1CCCC(N(C)C(=O)c2nccc3ccccc23)CC1. The molecule has 0 aliphatic carbocycles. The molecule has 1 atom stereocenters. The summed E-state index contributed by atoms with van der Waals surface area (Å²) < 4.78 is 5.25. The largest absolute Gasteiger partial charge is 0.361 e. The van der Waals surface area contributed by atoms with Gasteiger partial charge in [-0.15, -0.1) is 0 Å². The number of carbonyl (C=O) groups is 2. The van der Waals surface area contributed by atoms with Crippen molar-refractivity contribution in [2.75, 3.05) is 20.1 Å². The molecule has 0 saturated carbocycles. The summed E-state index contributed by atoms with van der Waals surface area (Å²) in [6.07, 6.45) is 4.75. The minimum Gasteiger partial charge on any atom is -0.361 e. The average Bonchev–Trinajstić information content (AvgIpc) is 3.01. The molecule has 7 nitrogen and oxygen atoms in total. The summed E-state index contributed by atoms with van der Waals surface area (Å²) in [4.78, 5) is 34.4. The summed E-state index contributed by atoms with van der Waals surface area (Å²) in [5, 5.41) is 5.88. The topological polar surface area (TPSA) is 79.5 Å². The number of carbonyl (C=O) groups excluding carboxylic acids is 2. The molecular weight excluding hydrogens is 392 g/mol. The van der Waals surface area contributed by atoms with Gasteiger partial charge in [0.2, 0.25) is 0 Å². The molecule has 2 amide bonds. The average molecular weight is 421 g/mol. The van der Waals surface area contributed by atoms with Crippen molar-refractivity contribution in [2.24, 2.45) is 0 Å². The monoisotopic (exact) mass is 420 g/mol. The number of amides is 2. The zero-order chi connectivity index (χ0) is 22.0. The molecule has 0 bridgehead atoms. The van der Waals surface area contributed by atoms with Crippen LogP contribution < -0.4 is 0 Å². The van der Waals surface area contributed by atoms with Crippen LogP contribution in [0.5, 0.6) is 0 Å². The molecule has 1 saturated heterocycles. The highest BCUT2D eigenvalue weighted by molar-refractivity contribution is 6.05. The van der Waals surface area contributed by atoms with Crippen LogP contribution in [-0.4, -0.2) is 57.9 Å². The predicted octanol–water partition coefficient (Wildman–Crippen LogP) is 3.86. The van der Waals surface area contributed by atoms with E-state index in [0.717, 1.165) is 30.0 Å². The van der Waals surface area contributed by atoms with Gasteiger partial charge < -0.3 is 14.3 Å². The van der Waals surface area contributed by atoms with E-state index in [1.807, 2.05) is 49.2 Å². The van der Waals surface area contributed by atoms with Crippen LogP contribution in [0.15, 0.2) is 41.1 Å². The minimum atomic E-state index is -0.0790. The van der Waals surface area contributed by atoms with E-state index in [2.05, 4.69) is 10.1 Å². The Morgan fingerprint density at radius 3 is 2.81 bits per heavy atom. The van der Waals surface area contributed by atoms with E-state index in [-0.39, 0.29) is 17.9 Å². The molecule has 3 heterocycles. The van der Waals surface area contributed by atoms with Gasteiger partial charge in [0.15, 0.2) is 0 Å². The van der Waals surface area contributed by atoms with Crippen LogP contribution in [0.3, 0.4) is 0 Å². The quantitative estimate of drug-likeness (QED) is 0.640. The van der Waals surface area contributed by atoms with Gasteiger partial charge in [0.1, 0.15) is 17.0 Å². The molecule has 1 fully saturated rings. The van der Waals surface area contributed by atoms with Gasteiger partial charge in [0.25, 0.3) is 11.8 Å². The standard InChI is InChI=1S/C24H28N4O3/c1-4-20-21(16(2)31-26-20)23(29)28-14-7-9-18(12-15-28)27(3)24(30)22-19-10-6-5-8-17(19)11-13-25-22/h5-6,8,10-11,13,18H,4,7,9,12,14-15H2,1-3H3. The lowest BCUT2D eigenvalue weighted by Gasteiger charge is -2.27. The molecule has 1 aromatic carbocycles. The summed E-state index contributed by atoms with van der Waals surface area (Å²) >= 11 is 0. The summed E-state index contributed by atoms with van der Waals surface area (Å²) in [6.45, 7) is 5.01. The molecule has 1 unspecified atom stereocenters.